The summed E-state index contributed by atoms with van der Waals surface area (Å²) in [7, 11) is 0. The van der Waals surface area contributed by atoms with E-state index in [2.05, 4.69) is 17.7 Å². The van der Waals surface area contributed by atoms with Gasteiger partial charge in [-0.15, -0.1) is 0 Å². The molecule has 66 valence electrons. The van der Waals surface area contributed by atoms with E-state index in [1.807, 2.05) is 0 Å². The van der Waals surface area contributed by atoms with E-state index < -0.39 is 0 Å². The van der Waals surface area contributed by atoms with Crippen molar-refractivity contribution in [3.63, 3.8) is 0 Å². The highest BCUT2D eigenvalue weighted by atomic mass is 32.1. The normalized spacial score (nSPS) is 10.1. The van der Waals surface area contributed by atoms with Crippen molar-refractivity contribution in [3.05, 3.63) is 28.7 Å². The molecule has 4 heteroatoms. The van der Waals surface area contributed by atoms with Crippen LogP contribution < -0.4 is 5.56 Å². The van der Waals surface area contributed by atoms with Gasteiger partial charge in [-0.3, -0.25) is 4.79 Å². The number of aromatic nitrogens is 2. The minimum absolute atomic E-state index is 0.0309. The van der Waals surface area contributed by atoms with E-state index in [0.29, 0.717) is 6.54 Å². The third-order valence-electron chi connectivity index (χ3n) is 1.56. The van der Waals surface area contributed by atoms with E-state index >= 15 is 0 Å². The summed E-state index contributed by atoms with van der Waals surface area (Å²) in [5, 5.41) is 3.93. The van der Waals surface area contributed by atoms with Crippen molar-refractivity contribution in [2.24, 2.45) is 0 Å². The second-order valence-corrected chi connectivity index (χ2v) is 2.96. The Morgan fingerprint density at radius 3 is 3.00 bits per heavy atom. The van der Waals surface area contributed by atoms with Gasteiger partial charge >= 0.3 is 0 Å². The Hall–Kier alpha value is -0.770. The zero-order valence-electron chi connectivity index (χ0n) is 6.81. The van der Waals surface area contributed by atoms with Crippen molar-refractivity contribution in [1.82, 2.24) is 9.78 Å². The van der Waals surface area contributed by atoms with Crippen molar-refractivity contribution in [2.45, 2.75) is 19.4 Å². The molecule has 1 heterocycles. The van der Waals surface area contributed by atoms with E-state index in [0.717, 1.165) is 18.6 Å². The monoisotopic (exact) mass is 184 g/mol. The lowest BCUT2D eigenvalue weighted by Gasteiger charge is -2.00. The Balaban J connectivity index is 2.52. The van der Waals surface area contributed by atoms with Crippen molar-refractivity contribution in [3.8, 4) is 0 Å². The maximum Gasteiger partial charge on any atom is 0.266 e. The van der Waals surface area contributed by atoms with Gasteiger partial charge < -0.3 is 0 Å². The smallest absolute Gasteiger partial charge is 0.266 e. The average Bonchev–Trinajstić information content (AvgIpc) is 2.09. The molecule has 0 atom stereocenters. The quantitative estimate of drug-likeness (QED) is 0.558. The number of aryl methyl sites for hydroxylation is 1. The predicted molar refractivity (Wildman–Crippen MR) is 51.6 cm³/mol. The standard InChI is InChI=1S/C8H12N2OS/c11-8-4-3-5-9-10(8)6-1-2-7-12/h3-5,12H,1-2,6-7H2. The molecule has 0 radical (unpaired) electrons. The van der Waals surface area contributed by atoms with E-state index in [1.54, 1.807) is 12.3 Å². The fourth-order valence-electron chi connectivity index (χ4n) is 0.929. The van der Waals surface area contributed by atoms with Crippen LogP contribution in [0, 0.1) is 0 Å². The average molecular weight is 184 g/mol. The molecular weight excluding hydrogens is 172 g/mol. The Morgan fingerprint density at radius 1 is 1.50 bits per heavy atom. The number of hydrogen-bond donors (Lipinski definition) is 1. The minimum atomic E-state index is -0.0309. The Bertz CT molecular complexity index is 284. The Kier molecular flexibility index (Phi) is 3.87. The summed E-state index contributed by atoms with van der Waals surface area (Å²) in [6.07, 6.45) is 3.61. The highest BCUT2D eigenvalue weighted by molar-refractivity contribution is 7.80. The second kappa shape index (κ2) is 4.98. The molecule has 0 saturated heterocycles. The third kappa shape index (κ3) is 2.70. The molecule has 0 bridgehead atoms. The molecule has 0 amide bonds. The first-order valence-corrected chi connectivity index (χ1v) is 4.61. The molecule has 0 spiro atoms. The zero-order chi connectivity index (χ0) is 8.81. The van der Waals surface area contributed by atoms with E-state index in [-0.39, 0.29) is 5.56 Å². The number of unbranched alkanes of at least 4 members (excludes halogenated alkanes) is 1. The molecule has 12 heavy (non-hydrogen) atoms. The lowest BCUT2D eigenvalue weighted by Crippen LogP contribution is -2.21. The van der Waals surface area contributed by atoms with E-state index in [4.69, 9.17) is 0 Å². The number of hydrogen-bond acceptors (Lipinski definition) is 3. The maximum absolute atomic E-state index is 11.1. The SMILES string of the molecule is O=c1cccnn1CCCCS. The van der Waals surface area contributed by atoms with E-state index in [1.165, 1.54) is 10.7 Å². The van der Waals surface area contributed by atoms with Crippen LogP contribution in [-0.2, 0) is 6.54 Å². The van der Waals surface area contributed by atoms with Gasteiger partial charge in [-0.25, -0.2) is 4.68 Å². The molecule has 3 nitrogen and oxygen atoms in total. The summed E-state index contributed by atoms with van der Waals surface area (Å²) >= 11 is 4.09. The largest absolute Gasteiger partial charge is 0.268 e. The van der Waals surface area contributed by atoms with Crippen LogP contribution in [0.25, 0.3) is 0 Å². The molecule has 0 aliphatic heterocycles. The van der Waals surface area contributed by atoms with Crippen LogP contribution in [-0.4, -0.2) is 15.5 Å². The first kappa shape index (κ1) is 9.32. The highest BCUT2D eigenvalue weighted by Crippen LogP contribution is 1.92. The lowest BCUT2D eigenvalue weighted by atomic mass is 10.3. The summed E-state index contributed by atoms with van der Waals surface area (Å²) in [5.74, 6) is 0.863. The number of nitrogens with zero attached hydrogens (tertiary/aromatic N) is 2. The van der Waals surface area contributed by atoms with Crippen LogP contribution in [0.1, 0.15) is 12.8 Å². The van der Waals surface area contributed by atoms with Crippen LogP contribution in [0.5, 0.6) is 0 Å². The molecule has 0 aliphatic rings. The molecule has 1 aromatic rings. The third-order valence-corrected chi connectivity index (χ3v) is 1.88. The van der Waals surface area contributed by atoms with Gasteiger partial charge in [0.25, 0.3) is 5.56 Å². The van der Waals surface area contributed by atoms with Crippen molar-refractivity contribution in [1.29, 1.82) is 0 Å². The number of thiol groups is 1. The Labute approximate surface area is 76.8 Å². The number of rotatable bonds is 4. The van der Waals surface area contributed by atoms with Crippen LogP contribution in [0.4, 0.5) is 0 Å². The summed E-state index contributed by atoms with van der Waals surface area (Å²) in [4.78, 5) is 11.1. The van der Waals surface area contributed by atoms with E-state index in [9.17, 15) is 4.79 Å². The highest BCUT2D eigenvalue weighted by Gasteiger charge is 1.93. The summed E-state index contributed by atoms with van der Waals surface area (Å²) in [5.41, 5.74) is -0.0309. The topological polar surface area (TPSA) is 34.9 Å². The summed E-state index contributed by atoms with van der Waals surface area (Å²) in [6.45, 7) is 0.695. The first-order chi connectivity index (χ1) is 5.84. The summed E-state index contributed by atoms with van der Waals surface area (Å²) in [6, 6.07) is 3.17. The molecule has 0 unspecified atom stereocenters. The van der Waals surface area contributed by atoms with Crippen LogP contribution in [0.15, 0.2) is 23.1 Å². The molecule has 0 aromatic carbocycles. The van der Waals surface area contributed by atoms with Crippen LogP contribution >= 0.6 is 12.6 Å². The molecule has 0 fully saturated rings. The van der Waals surface area contributed by atoms with Gasteiger partial charge in [0.1, 0.15) is 0 Å². The van der Waals surface area contributed by atoms with Crippen molar-refractivity contribution >= 4 is 12.6 Å². The second-order valence-electron chi connectivity index (χ2n) is 2.52. The van der Waals surface area contributed by atoms with Gasteiger partial charge in [0.05, 0.1) is 0 Å². The fraction of sp³-hybridized carbons (Fsp3) is 0.500. The minimum Gasteiger partial charge on any atom is -0.268 e. The molecular formula is C8H12N2OS. The molecule has 0 aliphatic carbocycles. The predicted octanol–water partition coefficient (Wildman–Crippen LogP) is 0.953. The molecule has 1 rings (SSSR count). The van der Waals surface area contributed by atoms with Gasteiger partial charge in [-0.05, 0) is 24.7 Å². The van der Waals surface area contributed by atoms with Crippen molar-refractivity contribution < 1.29 is 0 Å². The zero-order valence-corrected chi connectivity index (χ0v) is 7.70. The van der Waals surface area contributed by atoms with Gasteiger partial charge in [0.15, 0.2) is 0 Å². The van der Waals surface area contributed by atoms with Gasteiger partial charge in [-0.1, -0.05) is 0 Å². The Morgan fingerprint density at radius 2 is 2.33 bits per heavy atom. The van der Waals surface area contributed by atoms with Gasteiger partial charge in [0.2, 0.25) is 0 Å². The van der Waals surface area contributed by atoms with Gasteiger partial charge in [-0.2, -0.15) is 17.7 Å². The summed E-state index contributed by atoms with van der Waals surface area (Å²) < 4.78 is 1.48. The first-order valence-electron chi connectivity index (χ1n) is 3.97. The van der Waals surface area contributed by atoms with Crippen LogP contribution in [0.2, 0.25) is 0 Å². The van der Waals surface area contributed by atoms with Crippen molar-refractivity contribution in [2.75, 3.05) is 5.75 Å². The lowest BCUT2D eigenvalue weighted by molar-refractivity contribution is 0.544. The maximum atomic E-state index is 11.1. The van der Waals surface area contributed by atoms with Crippen LogP contribution in [0.3, 0.4) is 0 Å². The molecule has 0 N–H and O–H groups in total. The fourth-order valence-corrected chi connectivity index (χ4v) is 1.15. The molecule has 0 saturated carbocycles. The molecule has 1 aromatic heterocycles. The van der Waals surface area contributed by atoms with Gasteiger partial charge in [0, 0.05) is 18.8 Å².